The van der Waals surface area contributed by atoms with E-state index < -0.39 is 0 Å². The van der Waals surface area contributed by atoms with Crippen molar-refractivity contribution in [1.29, 1.82) is 0 Å². The summed E-state index contributed by atoms with van der Waals surface area (Å²) >= 11 is 0. The molecular weight excluding hydrogens is 294 g/mol. The molecule has 0 unspecified atom stereocenters. The third kappa shape index (κ3) is 3.51. The van der Waals surface area contributed by atoms with Gasteiger partial charge in [-0.15, -0.1) is 0 Å². The van der Waals surface area contributed by atoms with Crippen LogP contribution in [0.4, 0.5) is 0 Å². The molecule has 2 atom stereocenters. The molecule has 1 aliphatic heterocycles. The van der Waals surface area contributed by atoms with Crippen molar-refractivity contribution in [3.05, 3.63) is 35.9 Å². The predicted octanol–water partition coefficient (Wildman–Crippen LogP) is 1.88. The smallest absolute Gasteiger partial charge is 0.316 e. The van der Waals surface area contributed by atoms with Gasteiger partial charge in [0.05, 0.1) is 18.5 Å². The topological polar surface area (TPSA) is 74.1 Å². The summed E-state index contributed by atoms with van der Waals surface area (Å²) in [5.74, 6) is 0. The van der Waals surface area contributed by atoms with Crippen molar-refractivity contribution < 1.29 is 9.47 Å². The molecule has 1 fully saturated rings. The Morgan fingerprint density at radius 2 is 2.26 bits per heavy atom. The summed E-state index contributed by atoms with van der Waals surface area (Å²) in [7, 11) is 1.57. The Morgan fingerprint density at radius 1 is 1.39 bits per heavy atom. The van der Waals surface area contributed by atoms with Gasteiger partial charge in [0.25, 0.3) is 0 Å². The first kappa shape index (κ1) is 15.9. The number of nitrogens with one attached hydrogen (secondary N) is 1. The third-order valence-corrected chi connectivity index (χ3v) is 3.99. The highest BCUT2D eigenvalue weighted by Crippen LogP contribution is 2.30. The zero-order valence-corrected chi connectivity index (χ0v) is 13.8. The molecule has 2 aromatic heterocycles. The van der Waals surface area contributed by atoms with Gasteiger partial charge in [-0.3, -0.25) is 4.68 Å². The highest BCUT2D eigenvalue weighted by atomic mass is 16.5. The lowest BCUT2D eigenvalue weighted by Crippen LogP contribution is -2.32. The van der Waals surface area contributed by atoms with Crippen LogP contribution < -0.4 is 10.1 Å². The van der Waals surface area contributed by atoms with Gasteiger partial charge in [-0.25, -0.2) is 4.98 Å². The van der Waals surface area contributed by atoms with E-state index in [0.717, 1.165) is 24.4 Å². The summed E-state index contributed by atoms with van der Waals surface area (Å²) in [6, 6.07) is 4.87. The van der Waals surface area contributed by atoms with Crippen LogP contribution in [-0.2, 0) is 11.3 Å². The number of rotatable bonds is 6. The Bertz CT molecular complexity index is 643. The normalized spacial score (nSPS) is 21.0. The molecule has 1 aliphatic rings. The lowest BCUT2D eigenvalue weighted by Gasteiger charge is -2.22. The highest BCUT2D eigenvalue weighted by molar-refractivity contribution is 5.11. The maximum absolute atomic E-state index is 5.95. The van der Waals surface area contributed by atoms with Crippen molar-refractivity contribution in [3.63, 3.8) is 0 Å². The van der Waals surface area contributed by atoms with Crippen LogP contribution in [0.2, 0.25) is 0 Å². The molecule has 0 bridgehead atoms. The van der Waals surface area contributed by atoms with Crippen LogP contribution in [0.3, 0.4) is 0 Å². The summed E-state index contributed by atoms with van der Waals surface area (Å²) in [5, 5.41) is 7.95. The van der Waals surface area contributed by atoms with Crippen LogP contribution in [-0.4, -0.2) is 39.5 Å². The van der Waals surface area contributed by atoms with Gasteiger partial charge in [-0.2, -0.15) is 10.1 Å². The van der Waals surface area contributed by atoms with Gasteiger partial charge in [0, 0.05) is 37.6 Å². The fraction of sp³-hybridized carbons (Fsp3) is 0.562. The molecule has 124 valence electrons. The molecule has 0 radical (unpaired) electrons. The lowest BCUT2D eigenvalue weighted by atomic mass is 10.1. The summed E-state index contributed by atoms with van der Waals surface area (Å²) in [5.41, 5.74) is 2.02. The fourth-order valence-electron chi connectivity index (χ4n) is 2.88. The first-order chi connectivity index (χ1) is 11.2. The average molecular weight is 317 g/mol. The van der Waals surface area contributed by atoms with E-state index in [2.05, 4.69) is 34.2 Å². The maximum atomic E-state index is 5.95. The summed E-state index contributed by atoms with van der Waals surface area (Å²) < 4.78 is 13.0. The minimum absolute atomic E-state index is 0.0173. The highest BCUT2D eigenvalue weighted by Gasteiger charge is 2.32. The number of ether oxygens (including phenoxy) is 2. The van der Waals surface area contributed by atoms with E-state index in [-0.39, 0.29) is 12.1 Å². The molecule has 1 N–H and O–H groups in total. The Balaban J connectivity index is 1.68. The average Bonchev–Trinajstić information content (AvgIpc) is 3.21. The fourth-order valence-corrected chi connectivity index (χ4v) is 2.88. The molecule has 2 aromatic rings. The van der Waals surface area contributed by atoms with E-state index in [4.69, 9.17) is 9.47 Å². The quantitative estimate of drug-likeness (QED) is 0.877. The Morgan fingerprint density at radius 3 is 3.04 bits per heavy atom. The first-order valence-corrected chi connectivity index (χ1v) is 7.93. The second-order valence-corrected chi connectivity index (χ2v) is 5.90. The molecule has 7 heteroatoms. The second-order valence-electron chi connectivity index (χ2n) is 5.90. The van der Waals surface area contributed by atoms with Crippen LogP contribution in [0.5, 0.6) is 6.01 Å². The van der Waals surface area contributed by atoms with E-state index in [1.54, 1.807) is 13.3 Å². The largest absolute Gasteiger partial charge is 0.467 e. The molecule has 0 aliphatic carbocycles. The van der Waals surface area contributed by atoms with Crippen molar-refractivity contribution in [2.24, 2.45) is 0 Å². The molecule has 23 heavy (non-hydrogen) atoms. The summed E-state index contributed by atoms with van der Waals surface area (Å²) in [6.45, 7) is 5.65. The number of hydrogen-bond acceptors (Lipinski definition) is 6. The van der Waals surface area contributed by atoms with Crippen molar-refractivity contribution in [2.75, 3.05) is 13.7 Å². The second kappa shape index (κ2) is 7.06. The maximum Gasteiger partial charge on any atom is 0.316 e. The van der Waals surface area contributed by atoms with Gasteiger partial charge in [0.1, 0.15) is 6.10 Å². The first-order valence-electron chi connectivity index (χ1n) is 7.93. The molecule has 7 nitrogen and oxygen atoms in total. The lowest BCUT2D eigenvalue weighted by molar-refractivity contribution is 0.0898. The van der Waals surface area contributed by atoms with Gasteiger partial charge in [-0.1, -0.05) is 0 Å². The van der Waals surface area contributed by atoms with Crippen molar-refractivity contribution in [1.82, 2.24) is 25.1 Å². The SMILES string of the molecule is COc1nccc(CN[C@H]2CCO[C@@H]2c2ccnn2C(C)C)n1. The van der Waals surface area contributed by atoms with E-state index >= 15 is 0 Å². The molecule has 0 aromatic carbocycles. The van der Waals surface area contributed by atoms with Crippen LogP contribution >= 0.6 is 0 Å². The number of hydrogen-bond donors (Lipinski definition) is 1. The standard InChI is InChI=1S/C16H23N5O2/c1-11(2)21-14(5-8-19-21)15-13(6-9-23-15)18-10-12-4-7-17-16(20-12)22-3/h4-5,7-8,11,13,15,18H,6,9-10H2,1-3H3/t13-,15-/m0/s1. The van der Waals surface area contributed by atoms with Crippen LogP contribution in [0, 0.1) is 0 Å². The van der Waals surface area contributed by atoms with Crippen LogP contribution in [0.25, 0.3) is 0 Å². The molecule has 1 saturated heterocycles. The van der Waals surface area contributed by atoms with E-state index in [9.17, 15) is 0 Å². The Kier molecular flexibility index (Phi) is 4.88. The van der Waals surface area contributed by atoms with Gasteiger partial charge < -0.3 is 14.8 Å². The molecule has 3 rings (SSSR count). The zero-order chi connectivity index (χ0) is 16.2. The van der Waals surface area contributed by atoms with Crippen LogP contribution in [0.15, 0.2) is 24.5 Å². The van der Waals surface area contributed by atoms with Crippen molar-refractivity contribution in [3.8, 4) is 6.01 Å². The van der Waals surface area contributed by atoms with E-state index in [1.807, 2.05) is 23.0 Å². The van der Waals surface area contributed by atoms with Gasteiger partial charge >= 0.3 is 6.01 Å². The zero-order valence-electron chi connectivity index (χ0n) is 13.8. The van der Waals surface area contributed by atoms with E-state index in [1.165, 1.54) is 0 Å². The third-order valence-electron chi connectivity index (χ3n) is 3.99. The number of methoxy groups -OCH3 is 1. The summed E-state index contributed by atoms with van der Waals surface area (Å²) in [6.07, 6.45) is 4.53. The summed E-state index contributed by atoms with van der Waals surface area (Å²) in [4.78, 5) is 8.36. The van der Waals surface area contributed by atoms with Crippen molar-refractivity contribution >= 4 is 0 Å². The number of nitrogens with zero attached hydrogens (tertiary/aromatic N) is 4. The number of aromatic nitrogens is 4. The van der Waals surface area contributed by atoms with Gasteiger partial charge in [0.2, 0.25) is 0 Å². The minimum Gasteiger partial charge on any atom is -0.467 e. The van der Waals surface area contributed by atoms with Gasteiger partial charge in [0.15, 0.2) is 0 Å². The Labute approximate surface area is 136 Å². The molecule has 0 amide bonds. The monoisotopic (exact) mass is 317 g/mol. The molecule has 3 heterocycles. The van der Waals surface area contributed by atoms with Crippen molar-refractivity contribution in [2.45, 2.75) is 45.0 Å². The van der Waals surface area contributed by atoms with E-state index in [0.29, 0.717) is 18.6 Å². The predicted molar refractivity (Wildman–Crippen MR) is 85.1 cm³/mol. The minimum atomic E-state index is 0.0173. The molecular formula is C16H23N5O2. The van der Waals surface area contributed by atoms with Crippen LogP contribution in [0.1, 0.15) is 43.8 Å². The molecule has 0 saturated carbocycles. The van der Waals surface area contributed by atoms with Gasteiger partial charge in [-0.05, 0) is 32.4 Å². The Hall–Kier alpha value is -1.99. The molecule has 0 spiro atoms.